The molecule has 34 heavy (non-hydrogen) atoms. The van der Waals surface area contributed by atoms with Gasteiger partial charge in [0.1, 0.15) is 17.4 Å². The molecule has 0 aliphatic carbocycles. The molecule has 0 N–H and O–H groups in total. The van der Waals surface area contributed by atoms with Crippen molar-refractivity contribution in [3.8, 4) is 11.3 Å². The lowest BCUT2D eigenvalue weighted by atomic mass is 9.86. The Labute approximate surface area is 210 Å². The molecule has 0 fully saturated rings. The van der Waals surface area contributed by atoms with E-state index >= 15 is 0 Å². The Morgan fingerprint density at radius 1 is 1.06 bits per heavy atom. The molecule has 4 heterocycles. The maximum Gasteiger partial charge on any atom is 0.216 e. The molecular weight excluding hydrogens is 436 g/mol. The number of aryl methyl sites for hydroxylation is 3. The molecule has 0 spiro atoms. The van der Waals surface area contributed by atoms with Gasteiger partial charge >= 0.3 is 0 Å². The fraction of sp³-hybridized carbons (Fsp3) is 0.267. The fourth-order valence-corrected chi connectivity index (χ4v) is 5.77. The van der Waals surface area contributed by atoms with Gasteiger partial charge in [0.2, 0.25) is 5.69 Å². The SMILES string of the molecule is [2H]C([2H])([2H])c1c[n+](C)c(-c2c(C)ccc3c2oc2cc4c(nc23)sc2ccccc24)cc1C([2H])([2H])C(C)(C)C. The van der Waals surface area contributed by atoms with Gasteiger partial charge in [0.15, 0.2) is 17.4 Å². The molecule has 0 aliphatic heterocycles. The van der Waals surface area contributed by atoms with Crippen LogP contribution in [0.25, 0.3) is 53.6 Å². The molecule has 4 heteroatoms. The van der Waals surface area contributed by atoms with E-state index in [4.69, 9.17) is 16.3 Å². The highest BCUT2D eigenvalue weighted by atomic mass is 32.1. The lowest BCUT2D eigenvalue weighted by Gasteiger charge is -2.19. The zero-order chi connectivity index (χ0) is 28.1. The van der Waals surface area contributed by atoms with Gasteiger partial charge in [0, 0.05) is 39.3 Å². The van der Waals surface area contributed by atoms with Crippen molar-refractivity contribution in [3.05, 3.63) is 71.4 Å². The van der Waals surface area contributed by atoms with Crippen molar-refractivity contribution in [1.82, 2.24) is 4.98 Å². The number of rotatable bonds is 2. The van der Waals surface area contributed by atoms with Crippen LogP contribution in [0, 0.1) is 19.2 Å². The molecule has 170 valence electrons. The highest BCUT2D eigenvalue weighted by molar-refractivity contribution is 7.25. The highest BCUT2D eigenvalue weighted by Gasteiger charge is 2.24. The van der Waals surface area contributed by atoms with Gasteiger partial charge in [-0.2, -0.15) is 0 Å². The Balaban J connectivity index is 1.67. The lowest BCUT2D eigenvalue weighted by molar-refractivity contribution is -0.660. The molecule has 0 saturated heterocycles. The molecular formula is C30H29N2OS+. The maximum absolute atomic E-state index is 8.98. The first-order valence-electron chi connectivity index (χ1n) is 13.9. The van der Waals surface area contributed by atoms with E-state index in [9.17, 15) is 0 Å². The van der Waals surface area contributed by atoms with Gasteiger partial charge in [0.25, 0.3) is 0 Å². The summed E-state index contributed by atoms with van der Waals surface area (Å²) in [5.41, 5.74) is 3.87. The maximum atomic E-state index is 8.98. The Bertz CT molecular complexity index is 1940. The van der Waals surface area contributed by atoms with Gasteiger partial charge in [-0.15, -0.1) is 11.3 Å². The van der Waals surface area contributed by atoms with Crippen molar-refractivity contribution in [2.45, 2.75) is 40.9 Å². The number of furan rings is 1. The van der Waals surface area contributed by atoms with Crippen molar-refractivity contribution in [1.29, 1.82) is 0 Å². The standard InChI is InChI=1S/C30H29N2OS/c1-17-11-12-21-27-24(14-22-20-9-7-8-10-25(20)34-29(22)31-27)33-28(21)26(17)23-13-19(15-30(3,4)5)18(2)16-32(23)6/h7-14,16H,15H2,1-6H3/q+1/i2D3,15D2. The van der Waals surface area contributed by atoms with Crippen molar-refractivity contribution in [2.24, 2.45) is 12.5 Å². The van der Waals surface area contributed by atoms with E-state index in [1.807, 2.05) is 31.2 Å². The van der Waals surface area contributed by atoms with Gasteiger partial charge in [0.05, 0.1) is 5.56 Å². The van der Waals surface area contributed by atoms with Crippen LogP contribution in [0.5, 0.6) is 0 Å². The van der Waals surface area contributed by atoms with E-state index in [2.05, 4.69) is 18.2 Å². The third kappa shape index (κ3) is 3.32. The summed E-state index contributed by atoms with van der Waals surface area (Å²) < 4.78 is 51.9. The second kappa shape index (κ2) is 7.38. The molecule has 0 atom stereocenters. The average Bonchev–Trinajstić information content (AvgIpc) is 3.38. The largest absolute Gasteiger partial charge is 0.453 e. The Hall–Kier alpha value is -3.24. The number of nitrogens with zero attached hydrogens (tertiary/aromatic N) is 2. The third-order valence-electron chi connectivity index (χ3n) is 6.21. The van der Waals surface area contributed by atoms with Crippen molar-refractivity contribution >= 4 is 53.7 Å². The number of thiophene rings is 1. The van der Waals surface area contributed by atoms with Crippen molar-refractivity contribution in [2.75, 3.05) is 0 Å². The van der Waals surface area contributed by atoms with Gasteiger partial charge < -0.3 is 4.42 Å². The third-order valence-corrected chi connectivity index (χ3v) is 7.29. The van der Waals surface area contributed by atoms with Crippen LogP contribution in [0.1, 0.15) is 44.3 Å². The molecule has 0 saturated carbocycles. The average molecular weight is 471 g/mol. The second-order valence-electron chi connectivity index (χ2n) is 9.99. The van der Waals surface area contributed by atoms with Crippen LogP contribution in [0.4, 0.5) is 0 Å². The normalized spacial score (nSPS) is 15.5. The summed E-state index contributed by atoms with van der Waals surface area (Å²) in [6, 6.07) is 16.0. The molecule has 2 aromatic carbocycles. The van der Waals surface area contributed by atoms with E-state index in [-0.39, 0.29) is 11.1 Å². The van der Waals surface area contributed by atoms with Crippen LogP contribution in [-0.4, -0.2) is 4.98 Å². The summed E-state index contributed by atoms with van der Waals surface area (Å²) in [6.45, 7) is 4.87. The molecule has 3 nitrogen and oxygen atoms in total. The number of benzene rings is 2. The van der Waals surface area contributed by atoms with E-state index in [0.717, 1.165) is 37.6 Å². The predicted octanol–water partition coefficient (Wildman–Crippen LogP) is 8.05. The summed E-state index contributed by atoms with van der Waals surface area (Å²) in [4.78, 5) is 5.96. The Morgan fingerprint density at radius 3 is 2.68 bits per heavy atom. The molecule has 0 bridgehead atoms. The van der Waals surface area contributed by atoms with E-state index in [1.165, 1.54) is 4.70 Å². The zero-order valence-corrected chi connectivity index (χ0v) is 20.7. The zero-order valence-electron chi connectivity index (χ0n) is 24.9. The van der Waals surface area contributed by atoms with E-state index < -0.39 is 18.6 Å². The van der Waals surface area contributed by atoms with E-state index in [0.29, 0.717) is 16.9 Å². The minimum absolute atomic E-state index is 0.0110. The second-order valence-corrected chi connectivity index (χ2v) is 11.0. The number of pyridine rings is 2. The lowest BCUT2D eigenvalue weighted by Crippen LogP contribution is -2.32. The summed E-state index contributed by atoms with van der Waals surface area (Å²) in [7, 11) is 1.79. The van der Waals surface area contributed by atoms with E-state index in [1.54, 1.807) is 56.0 Å². The van der Waals surface area contributed by atoms with Crippen LogP contribution in [-0.2, 0) is 13.4 Å². The van der Waals surface area contributed by atoms with Gasteiger partial charge in [-0.25, -0.2) is 9.55 Å². The topological polar surface area (TPSA) is 29.9 Å². The highest BCUT2D eigenvalue weighted by Crippen LogP contribution is 2.40. The summed E-state index contributed by atoms with van der Waals surface area (Å²) in [5, 5.41) is 3.06. The Kier molecular flexibility index (Phi) is 3.56. The van der Waals surface area contributed by atoms with Crippen molar-refractivity contribution < 1.29 is 15.8 Å². The first kappa shape index (κ1) is 16.4. The van der Waals surface area contributed by atoms with Crippen LogP contribution in [0.2, 0.25) is 0 Å². The minimum Gasteiger partial charge on any atom is -0.453 e. The van der Waals surface area contributed by atoms with Crippen molar-refractivity contribution in [3.63, 3.8) is 0 Å². The number of hydrogen-bond donors (Lipinski definition) is 0. The quantitative estimate of drug-likeness (QED) is 0.240. The summed E-state index contributed by atoms with van der Waals surface area (Å²) >= 11 is 1.65. The van der Waals surface area contributed by atoms with Crippen LogP contribution in [0.3, 0.4) is 0 Å². The van der Waals surface area contributed by atoms with Crippen LogP contribution < -0.4 is 4.57 Å². The summed E-state index contributed by atoms with van der Waals surface area (Å²) in [6.07, 6.45) is -0.356. The monoisotopic (exact) mass is 470 g/mol. The molecule has 0 amide bonds. The number of fused-ring (bicyclic) bond motifs is 6. The fourth-order valence-electron chi connectivity index (χ4n) is 4.71. The number of hydrogen-bond acceptors (Lipinski definition) is 3. The first-order valence-corrected chi connectivity index (χ1v) is 12.2. The van der Waals surface area contributed by atoms with Gasteiger partial charge in [-0.05, 0) is 54.9 Å². The van der Waals surface area contributed by atoms with Crippen LogP contribution in [0.15, 0.2) is 59.1 Å². The molecule has 4 aromatic heterocycles. The molecule has 0 radical (unpaired) electrons. The minimum atomic E-state index is -2.47. The van der Waals surface area contributed by atoms with Crippen LogP contribution >= 0.6 is 11.3 Å². The molecule has 6 rings (SSSR count). The molecule has 0 unspecified atom stereocenters. The molecule has 0 aliphatic rings. The predicted molar refractivity (Wildman–Crippen MR) is 144 cm³/mol. The van der Waals surface area contributed by atoms with Gasteiger partial charge in [-0.3, -0.25) is 0 Å². The number of aromatic nitrogens is 2. The molecule has 6 aromatic rings. The smallest absolute Gasteiger partial charge is 0.216 e. The van der Waals surface area contributed by atoms with Gasteiger partial charge in [-0.1, -0.05) is 45.0 Å². The Morgan fingerprint density at radius 2 is 1.88 bits per heavy atom. The first-order chi connectivity index (χ1) is 18.2. The summed E-state index contributed by atoms with van der Waals surface area (Å²) in [5.74, 6) is 0.